The summed E-state index contributed by atoms with van der Waals surface area (Å²) >= 11 is 0. The molecule has 32 heavy (non-hydrogen) atoms. The van der Waals surface area contributed by atoms with Crippen molar-refractivity contribution in [2.75, 3.05) is 13.7 Å². The van der Waals surface area contributed by atoms with E-state index in [-0.39, 0.29) is 17.6 Å². The van der Waals surface area contributed by atoms with Crippen LogP contribution in [-0.2, 0) is 16.1 Å². The third-order valence-corrected chi connectivity index (χ3v) is 7.07. The van der Waals surface area contributed by atoms with E-state index in [4.69, 9.17) is 9.72 Å². The summed E-state index contributed by atoms with van der Waals surface area (Å²) in [5, 5.41) is 4.82. The summed E-state index contributed by atoms with van der Waals surface area (Å²) in [5.74, 6) is 1.47. The second-order valence-electron chi connectivity index (χ2n) is 9.00. The van der Waals surface area contributed by atoms with E-state index in [1.165, 1.54) is 39.2 Å². The summed E-state index contributed by atoms with van der Waals surface area (Å²) in [5.41, 5.74) is 1.15. The highest BCUT2D eigenvalue weighted by Gasteiger charge is 2.41. The number of para-hydroxylation sites is 1. The van der Waals surface area contributed by atoms with Gasteiger partial charge in [-0.2, -0.15) is 5.10 Å². The van der Waals surface area contributed by atoms with Gasteiger partial charge >= 0.3 is 5.97 Å². The van der Waals surface area contributed by atoms with Gasteiger partial charge in [0.15, 0.2) is 5.65 Å². The third kappa shape index (κ3) is 3.95. The van der Waals surface area contributed by atoms with Crippen molar-refractivity contribution in [3.8, 4) is 5.69 Å². The Balaban J connectivity index is 1.44. The molecule has 5 rings (SSSR count). The van der Waals surface area contributed by atoms with E-state index in [0.29, 0.717) is 35.2 Å². The van der Waals surface area contributed by atoms with Crippen LogP contribution in [0, 0.1) is 11.8 Å². The summed E-state index contributed by atoms with van der Waals surface area (Å²) in [6.07, 6.45) is 8.70. The number of hydrogen-bond acceptors (Lipinski definition) is 6. The lowest BCUT2D eigenvalue weighted by atomic mass is 9.79. The minimum atomic E-state index is -0.299. The lowest BCUT2D eigenvalue weighted by Crippen LogP contribution is -2.37. The molecule has 1 saturated heterocycles. The molecule has 8 heteroatoms. The number of aromatic amines is 1. The first-order chi connectivity index (χ1) is 15.6. The van der Waals surface area contributed by atoms with Crippen LogP contribution in [0.15, 0.2) is 41.3 Å². The molecule has 0 spiro atoms. The molecule has 0 unspecified atom stereocenters. The molecule has 0 amide bonds. The number of ether oxygens (including phenoxy) is 1. The lowest BCUT2D eigenvalue weighted by Gasteiger charge is -2.27. The average molecular weight is 436 g/mol. The van der Waals surface area contributed by atoms with Gasteiger partial charge in [-0.05, 0) is 30.4 Å². The van der Waals surface area contributed by atoms with Crippen LogP contribution in [0.5, 0.6) is 0 Å². The van der Waals surface area contributed by atoms with Gasteiger partial charge in [0.1, 0.15) is 17.3 Å². The first-order valence-electron chi connectivity index (χ1n) is 11.5. The Labute approximate surface area is 186 Å². The molecular formula is C24H29N5O3. The van der Waals surface area contributed by atoms with Crippen LogP contribution in [0.1, 0.15) is 44.3 Å². The number of esters is 1. The number of fused-ring (bicyclic) bond motifs is 1. The molecule has 168 valence electrons. The Morgan fingerprint density at radius 1 is 1.16 bits per heavy atom. The predicted molar refractivity (Wildman–Crippen MR) is 120 cm³/mol. The maximum atomic E-state index is 12.7. The number of rotatable bonds is 5. The van der Waals surface area contributed by atoms with Gasteiger partial charge in [-0.15, -0.1) is 0 Å². The van der Waals surface area contributed by atoms with Crippen molar-refractivity contribution < 1.29 is 9.53 Å². The van der Waals surface area contributed by atoms with E-state index in [1.807, 2.05) is 30.3 Å². The van der Waals surface area contributed by atoms with E-state index in [2.05, 4.69) is 15.0 Å². The van der Waals surface area contributed by atoms with Gasteiger partial charge in [0, 0.05) is 6.54 Å². The van der Waals surface area contributed by atoms with E-state index in [9.17, 15) is 9.59 Å². The normalized spacial score (nSPS) is 22.4. The van der Waals surface area contributed by atoms with Crippen LogP contribution < -0.4 is 5.56 Å². The van der Waals surface area contributed by atoms with Gasteiger partial charge in [-0.3, -0.25) is 14.5 Å². The Kier molecular flexibility index (Phi) is 5.78. The standard InChI is InChI=1S/C24H29N5O3/c1-32-24(31)20-12-17(16-8-4-2-5-9-16)14-28(20)15-21-26-22-19(23(30)27-21)13-25-29(22)18-10-6-3-7-11-18/h3,6-7,10-11,13,16-17,20H,2,4-5,8-9,12,14-15H2,1H3,(H,26,27,30)/t17-,20-/m0/s1. The van der Waals surface area contributed by atoms with Crippen molar-refractivity contribution in [1.29, 1.82) is 0 Å². The van der Waals surface area contributed by atoms with E-state index in [0.717, 1.165) is 18.7 Å². The van der Waals surface area contributed by atoms with Crippen LogP contribution in [0.4, 0.5) is 0 Å². The summed E-state index contributed by atoms with van der Waals surface area (Å²) in [4.78, 5) is 35.1. The molecule has 1 aromatic carbocycles. The SMILES string of the molecule is COC(=O)[C@@H]1C[C@H](C2CCCCC2)CN1Cc1nc2c(cnn2-c2ccccc2)c(=O)[nH]1. The number of carbonyl (C=O) groups excluding carboxylic acids is 1. The number of nitrogens with zero attached hydrogens (tertiary/aromatic N) is 4. The van der Waals surface area contributed by atoms with Crippen molar-refractivity contribution in [3.05, 3.63) is 52.7 Å². The highest BCUT2D eigenvalue weighted by Crippen LogP contribution is 2.38. The number of benzene rings is 1. The van der Waals surface area contributed by atoms with Gasteiger partial charge in [0.05, 0.1) is 25.5 Å². The Hall–Kier alpha value is -3.00. The van der Waals surface area contributed by atoms with Crippen LogP contribution in [0.25, 0.3) is 16.7 Å². The fourth-order valence-electron chi connectivity index (χ4n) is 5.43. The summed E-state index contributed by atoms with van der Waals surface area (Å²) in [6.45, 7) is 1.22. The molecule has 0 bridgehead atoms. The zero-order valence-electron chi connectivity index (χ0n) is 18.4. The first-order valence-corrected chi connectivity index (χ1v) is 11.5. The minimum absolute atomic E-state index is 0.207. The van der Waals surface area contributed by atoms with Crippen molar-refractivity contribution in [3.63, 3.8) is 0 Å². The van der Waals surface area contributed by atoms with Gasteiger partial charge in [-0.1, -0.05) is 50.3 Å². The fourth-order valence-corrected chi connectivity index (χ4v) is 5.43. The van der Waals surface area contributed by atoms with Crippen LogP contribution >= 0.6 is 0 Å². The number of methoxy groups -OCH3 is 1. The first kappa shape index (κ1) is 20.9. The van der Waals surface area contributed by atoms with Crippen molar-refractivity contribution in [1.82, 2.24) is 24.6 Å². The highest BCUT2D eigenvalue weighted by atomic mass is 16.5. The second-order valence-corrected chi connectivity index (χ2v) is 9.00. The minimum Gasteiger partial charge on any atom is -0.468 e. The second kappa shape index (κ2) is 8.86. The third-order valence-electron chi connectivity index (χ3n) is 7.07. The van der Waals surface area contributed by atoms with Crippen molar-refractivity contribution in [2.45, 2.75) is 51.1 Å². The monoisotopic (exact) mass is 435 g/mol. The van der Waals surface area contributed by atoms with Gasteiger partial charge in [0.2, 0.25) is 0 Å². The number of carbonyl (C=O) groups is 1. The maximum Gasteiger partial charge on any atom is 0.323 e. The quantitative estimate of drug-likeness (QED) is 0.619. The Bertz CT molecular complexity index is 1150. The topological polar surface area (TPSA) is 93.1 Å². The summed E-state index contributed by atoms with van der Waals surface area (Å²) in [7, 11) is 1.44. The number of H-pyrrole nitrogens is 1. The number of likely N-dealkylation sites (tertiary alicyclic amines) is 1. The van der Waals surface area contributed by atoms with Crippen molar-refractivity contribution >= 4 is 17.0 Å². The summed E-state index contributed by atoms with van der Waals surface area (Å²) < 4.78 is 6.79. The smallest absolute Gasteiger partial charge is 0.323 e. The van der Waals surface area contributed by atoms with E-state index >= 15 is 0 Å². The van der Waals surface area contributed by atoms with Crippen molar-refractivity contribution in [2.24, 2.45) is 11.8 Å². The van der Waals surface area contributed by atoms with Gasteiger partial charge in [0.25, 0.3) is 5.56 Å². The zero-order valence-corrected chi connectivity index (χ0v) is 18.4. The largest absolute Gasteiger partial charge is 0.468 e. The zero-order chi connectivity index (χ0) is 22.1. The molecule has 0 radical (unpaired) electrons. The lowest BCUT2D eigenvalue weighted by molar-refractivity contribution is -0.146. The number of aromatic nitrogens is 4. The number of nitrogens with one attached hydrogen (secondary N) is 1. The molecule has 1 aliphatic carbocycles. The molecule has 3 heterocycles. The van der Waals surface area contributed by atoms with E-state index < -0.39 is 0 Å². The molecule has 2 atom stereocenters. The van der Waals surface area contributed by atoms with E-state index in [1.54, 1.807) is 10.9 Å². The van der Waals surface area contributed by atoms with Crippen LogP contribution in [0.3, 0.4) is 0 Å². The Morgan fingerprint density at radius 3 is 2.69 bits per heavy atom. The van der Waals surface area contributed by atoms with Gasteiger partial charge < -0.3 is 9.72 Å². The predicted octanol–water partition coefficient (Wildman–Crippen LogP) is 3.05. The van der Waals surface area contributed by atoms with Gasteiger partial charge in [-0.25, -0.2) is 9.67 Å². The molecule has 1 N–H and O–H groups in total. The fraction of sp³-hybridized carbons (Fsp3) is 0.500. The highest BCUT2D eigenvalue weighted by molar-refractivity contribution is 5.76. The van der Waals surface area contributed by atoms with Crippen LogP contribution in [0.2, 0.25) is 0 Å². The Morgan fingerprint density at radius 2 is 1.94 bits per heavy atom. The molecule has 2 aliphatic rings. The summed E-state index contributed by atoms with van der Waals surface area (Å²) in [6, 6.07) is 9.34. The van der Waals surface area contributed by atoms with Crippen LogP contribution in [-0.4, -0.2) is 50.3 Å². The molecule has 1 saturated carbocycles. The molecule has 3 aromatic rings. The molecule has 2 fully saturated rings. The molecule has 1 aliphatic heterocycles. The number of hydrogen-bond donors (Lipinski definition) is 1. The molecule has 8 nitrogen and oxygen atoms in total. The molecular weight excluding hydrogens is 406 g/mol. The maximum absolute atomic E-state index is 12.7. The molecule has 2 aromatic heterocycles. The average Bonchev–Trinajstić information content (AvgIpc) is 3.45.